The van der Waals surface area contributed by atoms with Crippen molar-refractivity contribution in [3.05, 3.63) is 52.8 Å². The molecule has 0 radical (unpaired) electrons. The van der Waals surface area contributed by atoms with Crippen LogP contribution in [0.25, 0.3) is 0 Å². The molecule has 1 aromatic carbocycles. The number of ketones is 1. The Morgan fingerprint density at radius 2 is 1.97 bits per heavy atom. The highest BCUT2D eigenvalue weighted by molar-refractivity contribution is 7.90. The molecule has 1 fully saturated rings. The third kappa shape index (κ3) is 3.65. The van der Waals surface area contributed by atoms with Gasteiger partial charge in [0.25, 0.3) is 10.0 Å². The van der Waals surface area contributed by atoms with E-state index < -0.39 is 22.0 Å². The highest BCUT2D eigenvalue weighted by atomic mass is 32.2. The Kier molecular flexibility index (Phi) is 5.01. The minimum atomic E-state index is -3.69. The van der Waals surface area contributed by atoms with Gasteiger partial charge in [0.2, 0.25) is 5.78 Å². The lowest BCUT2D eigenvalue weighted by atomic mass is 10.1. The number of sulfonamides is 1. The molecule has 0 saturated heterocycles. The maximum absolute atomic E-state index is 12.6. The number of hydrogen-bond acceptors (Lipinski definition) is 6. The number of hydrogen-bond donors (Lipinski definition) is 1. The van der Waals surface area contributed by atoms with Crippen molar-refractivity contribution in [2.24, 2.45) is 4.99 Å². The Labute approximate surface area is 175 Å². The molecule has 0 amide bonds. The predicted octanol–water partition coefficient (Wildman–Crippen LogP) is 2.29. The monoisotopic (exact) mass is 429 g/mol. The molecule has 1 aliphatic carbocycles. The number of aryl methyl sites for hydroxylation is 1. The lowest BCUT2D eigenvalue weighted by Crippen LogP contribution is -2.27. The quantitative estimate of drug-likeness (QED) is 0.560. The van der Waals surface area contributed by atoms with Crippen molar-refractivity contribution in [3.63, 3.8) is 0 Å². The first-order valence-electron chi connectivity index (χ1n) is 9.77. The number of esters is 1. The van der Waals surface area contributed by atoms with E-state index in [1.165, 1.54) is 13.0 Å². The maximum Gasteiger partial charge on any atom is 0.331 e. The normalized spacial score (nSPS) is 19.2. The van der Waals surface area contributed by atoms with E-state index in [-0.39, 0.29) is 23.1 Å². The number of nitrogens with zero attached hydrogens (tertiary/aromatic N) is 2. The third-order valence-electron chi connectivity index (χ3n) is 5.37. The number of carbonyl (C=O) groups excluding carboxylic acids is 2. The molecular formula is C21H23N3O5S. The number of rotatable bonds is 6. The van der Waals surface area contributed by atoms with Gasteiger partial charge in [-0.15, -0.1) is 0 Å². The summed E-state index contributed by atoms with van der Waals surface area (Å²) >= 11 is 0. The Morgan fingerprint density at radius 1 is 1.27 bits per heavy atom. The summed E-state index contributed by atoms with van der Waals surface area (Å²) in [4.78, 5) is 29.2. The van der Waals surface area contributed by atoms with Crippen molar-refractivity contribution in [3.8, 4) is 0 Å². The van der Waals surface area contributed by atoms with Crippen molar-refractivity contribution in [2.45, 2.75) is 50.6 Å². The molecule has 1 N–H and O–H groups in total. The number of ether oxygens (including phenoxy) is 1. The molecule has 2 aliphatic rings. The lowest BCUT2D eigenvalue weighted by Gasteiger charge is -2.10. The van der Waals surface area contributed by atoms with Gasteiger partial charge < -0.3 is 9.30 Å². The number of Topliss-reactive ketones (excluding diaryl/α,β-unsaturated/α-hetero) is 1. The van der Waals surface area contributed by atoms with E-state index in [1.54, 1.807) is 18.2 Å². The SMILES string of the molecule is Cc1cc(C(=O)COC(=O)[C@H](C)N=C2NS(=O)(=O)c3ccccc32)c(C)n1C1CC1. The van der Waals surface area contributed by atoms with Crippen molar-refractivity contribution >= 4 is 27.6 Å². The number of benzene rings is 1. The minimum Gasteiger partial charge on any atom is -0.456 e. The predicted molar refractivity (Wildman–Crippen MR) is 110 cm³/mol. The number of fused-ring (bicyclic) bond motifs is 1. The zero-order valence-electron chi connectivity index (χ0n) is 17.0. The fourth-order valence-electron chi connectivity index (χ4n) is 3.77. The van der Waals surface area contributed by atoms with Crippen LogP contribution in [-0.4, -0.2) is 43.2 Å². The third-order valence-corrected chi connectivity index (χ3v) is 6.77. The van der Waals surface area contributed by atoms with Crippen LogP contribution in [0.5, 0.6) is 0 Å². The van der Waals surface area contributed by atoms with E-state index in [9.17, 15) is 18.0 Å². The summed E-state index contributed by atoms with van der Waals surface area (Å²) in [6.07, 6.45) is 2.23. The van der Waals surface area contributed by atoms with Gasteiger partial charge in [-0.05, 0) is 51.8 Å². The number of aliphatic imine (C=N–C) groups is 1. The van der Waals surface area contributed by atoms with E-state index in [0.29, 0.717) is 17.2 Å². The molecule has 1 atom stereocenters. The van der Waals surface area contributed by atoms with E-state index in [4.69, 9.17) is 4.74 Å². The highest BCUT2D eigenvalue weighted by Gasteiger charge is 2.32. The fraction of sp³-hybridized carbons (Fsp3) is 0.381. The van der Waals surface area contributed by atoms with E-state index >= 15 is 0 Å². The molecule has 2 aromatic rings. The summed E-state index contributed by atoms with van der Waals surface area (Å²) in [6.45, 7) is 4.98. The van der Waals surface area contributed by atoms with Gasteiger partial charge in [0, 0.05) is 28.6 Å². The minimum absolute atomic E-state index is 0.0920. The van der Waals surface area contributed by atoms with Crippen LogP contribution in [0.3, 0.4) is 0 Å². The molecular weight excluding hydrogens is 406 g/mol. The summed E-state index contributed by atoms with van der Waals surface area (Å²) < 4.78 is 34.0. The number of amidine groups is 1. The first-order valence-corrected chi connectivity index (χ1v) is 11.3. The van der Waals surface area contributed by atoms with Crippen LogP contribution in [0, 0.1) is 13.8 Å². The van der Waals surface area contributed by atoms with E-state index in [2.05, 4.69) is 14.3 Å². The van der Waals surface area contributed by atoms with Crippen molar-refractivity contribution in [2.75, 3.05) is 6.61 Å². The van der Waals surface area contributed by atoms with Crippen molar-refractivity contribution < 1.29 is 22.7 Å². The van der Waals surface area contributed by atoms with Crippen LogP contribution in [0.2, 0.25) is 0 Å². The van der Waals surface area contributed by atoms with E-state index in [0.717, 1.165) is 24.2 Å². The Hall–Kier alpha value is -2.94. The zero-order chi connectivity index (χ0) is 21.6. The molecule has 4 rings (SSSR count). The summed E-state index contributed by atoms with van der Waals surface area (Å²) in [5.41, 5.74) is 2.88. The average molecular weight is 429 g/mol. The van der Waals surface area contributed by atoms with Gasteiger partial charge in [-0.1, -0.05) is 12.1 Å². The maximum atomic E-state index is 12.6. The number of carbonyl (C=O) groups is 2. The summed E-state index contributed by atoms with van der Waals surface area (Å²) in [5, 5.41) is 0. The summed E-state index contributed by atoms with van der Waals surface area (Å²) in [5.74, 6) is -0.875. The van der Waals surface area contributed by atoms with Gasteiger partial charge in [0.05, 0.1) is 4.90 Å². The molecule has 0 unspecified atom stereocenters. The Balaban J connectivity index is 1.43. The fourth-order valence-corrected chi connectivity index (χ4v) is 5.00. The molecule has 1 aliphatic heterocycles. The molecule has 30 heavy (non-hydrogen) atoms. The van der Waals surface area contributed by atoms with Crippen LogP contribution in [-0.2, 0) is 19.6 Å². The summed E-state index contributed by atoms with van der Waals surface area (Å²) in [7, 11) is -3.69. The molecule has 0 bridgehead atoms. The van der Waals surface area contributed by atoms with Gasteiger partial charge in [-0.25, -0.2) is 13.2 Å². The van der Waals surface area contributed by atoms with Crippen LogP contribution in [0.1, 0.15) is 53.1 Å². The molecule has 9 heteroatoms. The molecule has 0 spiro atoms. The van der Waals surface area contributed by atoms with Crippen molar-refractivity contribution in [1.82, 2.24) is 9.29 Å². The largest absolute Gasteiger partial charge is 0.456 e. The zero-order valence-corrected chi connectivity index (χ0v) is 17.8. The second-order valence-corrected chi connectivity index (χ2v) is 9.32. The second kappa shape index (κ2) is 7.39. The molecule has 158 valence electrons. The van der Waals surface area contributed by atoms with Crippen LogP contribution < -0.4 is 4.72 Å². The molecule has 1 aromatic heterocycles. The number of aromatic nitrogens is 1. The second-order valence-electron chi connectivity index (χ2n) is 7.67. The van der Waals surface area contributed by atoms with Crippen LogP contribution in [0.4, 0.5) is 0 Å². The topological polar surface area (TPSA) is 107 Å². The highest BCUT2D eigenvalue weighted by Crippen LogP contribution is 2.38. The molecule has 1 saturated carbocycles. The van der Waals surface area contributed by atoms with Gasteiger partial charge >= 0.3 is 5.97 Å². The van der Waals surface area contributed by atoms with Gasteiger partial charge in [0.1, 0.15) is 11.9 Å². The van der Waals surface area contributed by atoms with Crippen LogP contribution in [0.15, 0.2) is 40.2 Å². The smallest absolute Gasteiger partial charge is 0.331 e. The first-order chi connectivity index (χ1) is 14.2. The van der Waals surface area contributed by atoms with E-state index in [1.807, 2.05) is 19.9 Å². The lowest BCUT2D eigenvalue weighted by molar-refractivity contribution is -0.143. The average Bonchev–Trinajstić information content (AvgIpc) is 3.44. The molecule has 2 heterocycles. The van der Waals surface area contributed by atoms with Crippen molar-refractivity contribution in [1.29, 1.82) is 0 Å². The molecule has 8 nitrogen and oxygen atoms in total. The Morgan fingerprint density at radius 3 is 2.67 bits per heavy atom. The van der Waals surface area contributed by atoms with Gasteiger partial charge in [-0.3, -0.25) is 14.5 Å². The summed E-state index contributed by atoms with van der Waals surface area (Å²) in [6, 6.07) is 7.71. The van der Waals surface area contributed by atoms with Gasteiger partial charge in [-0.2, -0.15) is 0 Å². The number of nitrogens with one attached hydrogen (secondary N) is 1. The van der Waals surface area contributed by atoms with Gasteiger partial charge in [0.15, 0.2) is 6.61 Å². The first kappa shape index (κ1) is 20.3. The van der Waals surface area contributed by atoms with Crippen LogP contribution >= 0.6 is 0 Å². The Bertz CT molecular complexity index is 1180. The standard InChI is InChI=1S/C21H23N3O5S/c1-12-10-17(14(3)24(12)15-8-9-15)18(25)11-29-21(26)13(2)22-20-16-6-4-5-7-19(16)30(27,28)23-20/h4-7,10,13,15H,8-9,11H2,1-3H3,(H,22,23)/t13-/m0/s1.